The van der Waals surface area contributed by atoms with Crippen LogP contribution >= 0.6 is 12.2 Å². The Morgan fingerprint density at radius 2 is 1.74 bits per heavy atom. The molecular formula is C25H25N5O4S. The number of hydrogen-bond donors (Lipinski definition) is 1. The Morgan fingerprint density at radius 1 is 1.03 bits per heavy atom. The lowest BCUT2D eigenvalue weighted by Crippen LogP contribution is -2.21. The van der Waals surface area contributed by atoms with Crippen LogP contribution in [-0.4, -0.2) is 44.7 Å². The Kier molecular flexibility index (Phi) is 7.41. The Bertz CT molecular complexity index is 1370. The SMILES string of the molecule is CCOC(=O)c1ccccc1NC(=O)Cn1nc(Cc2ccc(OC)cc2)n(-n2cccc2)c1=S. The molecule has 1 N–H and O–H groups in total. The number of nitrogens with one attached hydrogen (secondary N) is 1. The number of rotatable bonds is 9. The van der Waals surface area contributed by atoms with Crippen molar-refractivity contribution in [3.63, 3.8) is 0 Å². The molecule has 0 unspecified atom stereocenters. The number of nitrogens with zero attached hydrogens (tertiary/aromatic N) is 4. The molecule has 35 heavy (non-hydrogen) atoms. The van der Waals surface area contributed by atoms with Crippen LogP contribution in [0.2, 0.25) is 0 Å². The van der Waals surface area contributed by atoms with E-state index >= 15 is 0 Å². The van der Waals surface area contributed by atoms with E-state index in [2.05, 4.69) is 10.4 Å². The first kappa shape index (κ1) is 24.0. The molecule has 0 spiro atoms. The van der Waals surface area contributed by atoms with Crippen LogP contribution in [0.25, 0.3) is 0 Å². The number of carbonyl (C=O) groups excluding carboxylic acids is 2. The standard InChI is InChI=1S/C25H25N5O4S/c1-3-34-24(32)20-8-4-5-9-21(20)26-23(31)17-29-25(35)30(28-14-6-7-15-28)22(27-29)16-18-10-12-19(33-2)13-11-18/h4-15H,3,16-17H2,1-2H3,(H,26,31). The second kappa shape index (κ2) is 10.8. The van der Waals surface area contributed by atoms with Gasteiger partial charge in [-0.05, 0) is 61.1 Å². The van der Waals surface area contributed by atoms with Crippen molar-refractivity contribution in [1.29, 1.82) is 0 Å². The summed E-state index contributed by atoms with van der Waals surface area (Å²) in [5.74, 6) is 0.557. The molecular weight excluding hydrogens is 466 g/mol. The number of benzene rings is 2. The van der Waals surface area contributed by atoms with Crippen molar-refractivity contribution in [3.05, 3.63) is 94.8 Å². The molecule has 0 atom stereocenters. The molecule has 0 bridgehead atoms. The van der Waals surface area contributed by atoms with Gasteiger partial charge in [-0.15, -0.1) is 0 Å². The maximum Gasteiger partial charge on any atom is 0.340 e. The van der Waals surface area contributed by atoms with E-state index in [0.717, 1.165) is 11.3 Å². The molecule has 9 nitrogen and oxygen atoms in total. The number of carbonyl (C=O) groups is 2. The molecule has 0 aliphatic rings. The summed E-state index contributed by atoms with van der Waals surface area (Å²) < 4.78 is 15.7. The van der Waals surface area contributed by atoms with E-state index in [4.69, 9.17) is 21.7 Å². The van der Waals surface area contributed by atoms with Crippen LogP contribution in [0, 0.1) is 4.77 Å². The molecule has 0 saturated heterocycles. The molecule has 2 heterocycles. The summed E-state index contributed by atoms with van der Waals surface area (Å²) in [6, 6.07) is 18.2. The average Bonchev–Trinajstić information content (AvgIpc) is 3.48. The zero-order valence-corrected chi connectivity index (χ0v) is 20.2. The van der Waals surface area contributed by atoms with Gasteiger partial charge in [0, 0.05) is 18.8 Å². The minimum absolute atomic E-state index is 0.125. The number of ether oxygens (including phenoxy) is 2. The van der Waals surface area contributed by atoms with E-state index in [1.54, 1.807) is 43.0 Å². The highest BCUT2D eigenvalue weighted by molar-refractivity contribution is 7.71. The smallest absolute Gasteiger partial charge is 0.340 e. The van der Waals surface area contributed by atoms with E-state index < -0.39 is 5.97 Å². The summed E-state index contributed by atoms with van der Waals surface area (Å²) in [6.07, 6.45) is 4.20. The molecule has 0 aliphatic carbocycles. The first-order valence-corrected chi connectivity index (χ1v) is 11.4. The van der Waals surface area contributed by atoms with Crippen molar-refractivity contribution in [2.24, 2.45) is 0 Å². The van der Waals surface area contributed by atoms with Gasteiger partial charge in [0.1, 0.15) is 12.3 Å². The molecule has 2 aromatic heterocycles. The maximum atomic E-state index is 12.9. The van der Waals surface area contributed by atoms with E-state index in [9.17, 15) is 9.59 Å². The van der Waals surface area contributed by atoms with Crippen molar-refractivity contribution < 1.29 is 19.1 Å². The number of methoxy groups -OCH3 is 1. The van der Waals surface area contributed by atoms with Crippen LogP contribution in [0.1, 0.15) is 28.7 Å². The van der Waals surface area contributed by atoms with Gasteiger partial charge in [-0.1, -0.05) is 24.3 Å². The molecule has 180 valence electrons. The molecule has 0 fully saturated rings. The van der Waals surface area contributed by atoms with Crippen molar-refractivity contribution in [3.8, 4) is 5.75 Å². The Balaban J connectivity index is 1.60. The summed E-state index contributed by atoms with van der Waals surface area (Å²) in [7, 11) is 1.62. The first-order chi connectivity index (χ1) is 17.0. The van der Waals surface area contributed by atoms with Gasteiger partial charge in [-0.3, -0.25) is 9.47 Å². The topological polar surface area (TPSA) is 92.3 Å². The number of hydrogen-bond acceptors (Lipinski definition) is 6. The number of amides is 1. The van der Waals surface area contributed by atoms with Gasteiger partial charge in [0.15, 0.2) is 5.82 Å². The van der Waals surface area contributed by atoms with Crippen LogP contribution in [0.15, 0.2) is 73.1 Å². The lowest BCUT2D eigenvalue weighted by atomic mass is 10.1. The number of para-hydroxylation sites is 1. The van der Waals surface area contributed by atoms with Gasteiger partial charge in [0.25, 0.3) is 0 Å². The van der Waals surface area contributed by atoms with Gasteiger partial charge < -0.3 is 14.8 Å². The number of anilines is 1. The van der Waals surface area contributed by atoms with Crippen LogP contribution in [0.3, 0.4) is 0 Å². The largest absolute Gasteiger partial charge is 0.497 e. The summed E-state index contributed by atoms with van der Waals surface area (Å²) >= 11 is 5.67. The molecule has 1 amide bonds. The zero-order valence-electron chi connectivity index (χ0n) is 19.4. The van der Waals surface area contributed by atoms with E-state index in [1.807, 2.05) is 53.5 Å². The molecule has 0 radical (unpaired) electrons. The van der Waals surface area contributed by atoms with Crippen LogP contribution < -0.4 is 10.1 Å². The molecule has 4 rings (SSSR count). The quantitative estimate of drug-likeness (QED) is 0.282. The third-order valence-electron chi connectivity index (χ3n) is 5.21. The highest BCUT2D eigenvalue weighted by Gasteiger charge is 2.17. The van der Waals surface area contributed by atoms with Crippen molar-refractivity contribution in [2.75, 3.05) is 19.0 Å². The predicted molar refractivity (Wildman–Crippen MR) is 133 cm³/mol. The third-order valence-corrected chi connectivity index (χ3v) is 5.60. The molecule has 0 saturated carbocycles. The predicted octanol–water partition coefficient (Wildman–Crippen LogP) is 3.94. The van der Waals surface area contributed by atoms with Crippen LogP contribution in [-0.2, 0) is 22.5 Å². The molecule has 2 aromatic carbocycles. The van der Waals surface area contributed by atoms with Gasteiger partial charge in [-0.2, -0.15) is 5.10 Å². The normalized spacial score (nSPS) is 10.7. The summed E-state index contributed by atoms with van der Waals surface area (Å²) in [5.41, 5.74) is 1.66. The monoisotopic (exact) mass is 491 g/mol. The lowest BCUT2D eigenvalue weighted by molar-refractivity contribution is -0.116. The lowest BCUT2D eigenvalue weighted by Gasteiger charge is -2.10. The molecule has 0 aliphatic heterocycles. The second-order valence-electron chi connectivity index (χ2n) is 7.57. The Morgan fingerprint density at radius 3 is 2.43 bits per heavy atom. The van der Waals surface area contributed by atoms with Gasteiger partial charge in [0.05, 0.1) is 25.0 Å². The summed E-state index contributed by atoms with van der Waals surface area (Å²) in [6.45, 7) is 1.84. The van der Waals surface area contributed by atoms with Gasteiger partial charge >= 0.3 is 5.97 Å². The zero-order chi connectivity index (χ0) is 24.8. The van der Waals surface area contributed by atoms with Crippen molar-refractivity contribution in [2.45, 2.75) is 19.9 Å². The maximum absolute atomic E-state index is 12.9. The average molecular weight is 492 g/mol. The van der Waals surface area contributed by atoms with E-state index in [-0.39, 0.29) is 24.6 Å². The number of esters is 1. The fourth-order valence-corrected chi connectivity index (χ4v) is 3.88. The fourth-order valence-electron chi connectivity index (χ4n) is 3.58. The van der Waals surface area contributed by atoms with Gasteiger partial charge in [-0.25, -0.2) is 14.2 Å². The van der Waals surface area contributed by atoms with Gasteiger partial charge in [0.2, 0.25) is 10.7 Å². The fraction of sp³-hybridized carbons (Fsp3) is 0.200. The number of aromatic nitrogens is 4. The highest BCUT2D eigenvalue weighted by atomic mass is 32.1. The third kappa shape index (κ3) is 5.49. The summed E-state index contributed by atoms with van der Waals surface area (Å²) in [4.78, 5) is 25.1. The van der Waals surface area contributed by atoms with E-state index in [0.29, 0.717) is 22.7 Å². The molecule has 10 heteroatoms. The van der Waals surface area contributed by atoms with E-state index in [1.165, 1.54) is 4.68 Å². The highest BCUT2D eigenvalue weighted by Crippen LogP contribution is 2.18. The van der Waals surface area contributed by atoms with Crippen LogP contribution in [0.4, 0.5) is 5.69 Å². The molecule has 4 aromatic rings. The van der Waals surface area contributed by atoms with Crippen molar-refractivity contribution in [1.82, 2.24) is 19.1 Å². The first-order valence-electron chi connectivity index (χ1n) is 11.0. The van der Waals surface area contributed by atoms with Crippen LogP contribution in [0.5, 0.6) is 5.75 Å². The van der Waals surface area contributed by atoms with Crippen molar-refractivity contribution >= 4 is 29.8 Å². The second-order valence-corrected chi connectivity index (χ2v) is 7.94. The summed E-state index contributed by atoms with van der Waals surface area (Å²) in [5, 5.41) is 7.42. The Hall–Kier alpha value is -4.18. The Labute approximate surface area is 207 Å². The minimum atomic E-state index is -0.501. The minimum Gasteiger partial charge on any atom is -0.497 e.